The van der Waals surface area contributed by atoms with Crippen molar-refractivity contribution in [1.29, 1.82) is 0 Å². The summed E-state index contributed by atoms with van der Waals surface area (Å²) in [5.74, 6) is -0.478. The molecular formula is C11H13BrO4. The van der Waals surface area contributed by atoms with Crippen LogP contribution in [0.25, 0.3) is 0 Å². The van der Waals surface area contributed by atoms with Crippen LogP contribution in [-0.4, -0.2) is 28.4 Å². The molecule has 0 heterocycles. The SMILES string of the molecule is CC(O)(COc1ccccc1Br)CC(=O)O. The first-order valence-corrected chi connectivity index (χ1v) is 5.51. The Bertz CT molecular complexity index is 376. The molecule has 1 unspecified atom stereocenters. The van der Waals surface area contributed by atoms with Crippen molar-refractivity contribution in [1.82, 2.24) is 0 Å². The molecule has 1 aromatic carbocycles. The van der Waals surface area contributed by atoms with E-state index in [2.05, 4.69) is 15.9 Å². The van der Waals surface area contributed by atoms with Gasteiger partial charge in [0, 0.05) is 0 Å². The Kier molecular flexibility index (Phi) is 4.32. The second-order valence-electron chi connectivity index (χ2n) is 3.79. The maximum atomic E-state index is 10.5. The number of hydrogen-bond donors (Lipinski definition) is 2. The molecule has 0 aliphatic heterocycles. The van der Waals surface area contributed by atoms with E-state index in [0.717, 1.165) is 4.47 Å². The number of benzene rings is 1. The normalized spacial score (nSPS) is 14.2. The van der Waals surface area contributed by atoms with Crippen molar-refractivity contribution >= 4 is 21.9 Å². The number of halogens is 1. The lowest BCUT2D eigenvalue weighted by Gasteiger charge is -2.21. The fourth-order valence-corrected chi connectivity index (χ4v) is 1.57. The zero-order chi connectivity index (χ0) is 12.2. The molecule has 0 saturated heterocycles. The van der Waals surface area contributed by atoms with E-state index in [-0.39, 0.29) is 13.0 Å². The molecule has 2 N–H and O–H groups in total. The van der Waals surface area contributed by atoms with Gasteiger partial charge in [-0.2, -0.15) is 0 Å². The van der Waals surface area contributed by atoms with Crippen LogP contribution >= 0.6 is 15.9 Å². The van der Waals surface area contributed by atoms with Crippen LogP contribution in [0, 0.1) is 0 Å². The van der Waals surface area contributed by atoms with Crippen LogP contribution in [0.15, 0.2) is 28.7 Å². The second kappa shape index (κ2) is 5.32. The predicted octanol–water partition coefficient (Wildman–Crippen LogP) is 2.05. The third-order valence-electron chi connectivity index (χ3n) is 1.91. The lowest BCUT2D eigenvalue weighted by atomic mass is 10.0. The van der Waals surface area contributed by atoms with Gasteiger partial charge < -0.3 is 14.9 Å². The molecule has 4 nitrogen and oxygen atoms in total. The highest BCUT2D eigenvalue weighted by Crippen LogP contribution is 2.25. The van der Waals surface area contributed by atoms with Gasteiger partial charge in [0.25, 0.3) is 0 Å². The molecule has 0 aliphatic carbocycles. The van der Waals surface area contributed by atoms with Crippen molar-refractivity contribution in [2.45, 2.75) is 18.9 Å². The van der Waals surface area contributed by atoms with Crippen LogP contribution in [0.3, 0.4) is 0 Å². The molecule has 1 aromatic rings. The van der Waals surface area contributed by atoms with Gasteiger partial charge in [-0.1, -0.05) is 12.1 Å². The molecule has 0 fully saturated rings. The van der Waals surface area contributed by atoms with E-state index in [1.54, 1.807) is 18.2 Å². The molecule has 0 radical (unpaired) electrons. The van der Waals surface area contributed by atoms with E-state index in [9.17, 15) is 9.90 Å². The summed E-state index contributed by atoms with van der Waals surface area (Å²) >= 11 is 3.29. The topological polar surface area (TPSA) is 66.8 Å². The van der Waals surface area contributed by atoms with E-state index < -0.39 is 11.6 Å². The second-order valence-corrected chi connectivity index (χ2v) is 4.64. The number of rotatable bonds is 5. The number of aliphatic hydroxyl groups is 1. The molecule has 0 bridgehead atoms. The quantitative estimate of drug-likeness (QED) is 0.870. The Morgan fingerprint density at radius 1 is 1.50 bits per heavy atom. The predicted molar refractivity (Wildman–Crippen MR) is 62.5 cm³/mol. The van der Waals surface area contributed by atoms with Crippen LogP contribution < -0.4 is 4.74 Å². The summed E-state index contributed by atoms with van der Waals surface area (Å²) in [5, 5.41) is 18.3. The fraction of sp³-hybridized carbons (Fsp3) is 0.364. The Morgan fingerprint density at radius 2 is 2.12 bits per heavy atom. The number of aliphatic carboxylic acids is 1. The maximum absolute atomic E-state index is 10.5. The Labute approximate surface area is 102 Å². The summed E-state index contributed by atoms with van der Waals surface area (Å²) in [6.45, 7) is 1.36. The molecule has 0 spiro atoms. The lowest BCUT2D eigenvalue weighted by molar-refractivity contribution is -0.143. The van der Waals surface area contributed by atoms with Gasteiger partial charge >= 0.3 is 5.97 Å². The van der Waals surface area contributed by atoms with Crippen molar-refractivity contribution in [2.75, 3.05) is 6.61 Å². The van der Waals surface area contributed by atoms with Crippen LogP contribution in [0.5, 0.6) is 5.75 Å². The fourth-order valence-electron chi connectivity index (χ4n) is 1.17. The lowest BCUT2D eigenvalue weighted by Crippen LogP contribution is -2.34. The summed E-state index contributed by atoms with van der Waals surface area (Å²) in [6.07, 6.45) is -0.350. The van der Waals surface area contributed by atoms with E-state index >= 15 is 0 Å². The smallest absolute Gasteiger partial charge is 0.306 e. The van der Waals surface area contributed by atoms with Gasteiger partial charge in [-0.25, -0.2) is 0 Å². The first-order valence-electron chi connectivity index (χ1n) is 4.72. The highest BCUT2D eigenvalue weighted by molar-refractivity contribution is 9.10. The molecular weight excluding hydrogens is 276 g/mol. The summed E-state index contributed by atoms with van der Waals surface area (Å²) in [7, 11) is 0. The summed E-state index contributed by atoms with van der Waals surface area (Å²) < 4.78 is 6.11. The van der Waals surface area contributed by atoms with Crippen LogP contribution in [0.2, 0.25) is 0 Å². The van der Waals surface area contributed by atoms with Gasteiger partial charge in [0.05, 0.1) is 10.9 Å². The molecule has 1 rings (SSSR count). The van der Waals surface area contributed by atoms with Gasteiger partial charge in [0.15, 0.2) is 0 Å². The number of carboxylic acids is 1. The van der Waals surface area contributed by atoms with E-state index in [0.29, 0.717) is 5.75 Å². The first-order chi connectivity index (χ1) is 7.41. The molecule has 88 valence electrons. The Hall–Kier alpha value is -1.07. The number of hydrogen-bond acceptors (Lipinski definition) is 3. The Balaban J connectivity index is 2.57. The minimum atomic E-state index is -1.37. The third kappa shape index (κ3) is 4.20. The van der Waals surface area contributed by atoms with Crippen molar-refractivity contribution < 1.29 is 19.7 Å². The van der Waals surface area contributed by atoms with E-state index in [4.69, 9.17) is 9.84 Å². The van der Waals surface area contributed by atoms with Gasteiger partial charge in [0.1, 0.15) is 18.0 Å². The zero-order valence-corrected chi connectivity index (χ0v) is 10.4. The molecule has 5 heteroatoms. The number of carbonyl (C=O) groups is 1. The van der Waals surface area contributed by atoms with Crippen molar-refractivity contribution in [3.8, 4) is 5.75 Å². The number of para-hydroxylation sites is 1. The van der Waals surface area contributed by atoms with Gasteiger partial charge in [-0.05, 0) is 35.0 Å². The van der Waals surface area contributed by atoms with Gasteiger partial charge in [-0.3, -0.25) is 4.79 Å². The van der Waals surface area contributed by atoms with Crippen LogP contribution in [-0.2, 0) is 4.79 Å². The first kappa shape index (κ1) is 13.0. The van der Waals surface area contributed by atoms with Crippen LogP contribution in [0.4, 0.5) is 0 Å². The number of ether oxygens (including phenoxy) is 1. The van der Waals surface area contributed by atoms with Crippen molar-refractivity contribution in [3.05, 3.63) is 28.7 Å². The minimum absolute atomic E-state index is 0.0675. The number of carboxylic acid groups (broad SMARTS) is 1. The standard InChI is InChI=1S/C11H13BrO4/c1-11(15,6-10(13)14)7-16-9-5-3-2-4-8(9)12/h2-5,15H,6-7H2,1H3,(H,13,14). The molecule has 0 aromatic heterocycles. The van der Waals surface area contributed by atoms with Crippen molar-refractivity contribution in [2.24, 2.45) is 0 Å². The molecule has 16 heavy (non-hydrogen) atoms. The molecule has 1 atom stereocenters. The zero-order valence-electron chi connectivity index (χ0n) is 8.81. The van der Waals surface area contributed by atoms with Crippen LogP contribution in [0.1, 0.15) is 13.3 Å². The summed E-state index contributed by atoms with van der Waals surface area (Å²) in [5.41, 5.74) is -1.37. The van der Waals surface area contributed by atoms with Crippen molar-refractivity contribution in [3.63, 3.8) is 0 Å². The third-order valence-corrected chi connectivity index (χ3v) is 2.56. The minimum Gasteiger partial charge on any atom is -0.489 e. The molecule has 0 amide bonds. The molecule has 0 saturated carbocycles. The largest absolute Gasteiger partial charge is 0.489 e. The highest BCUT2D eigenvalue weighted by Gasteiger charge is 2.25. The van der Waals surface area contributed by atoms with E-state index in [1.165, 1.54) is 6.92 Å². The average Bonchev–Trinajstić information content (AvgIpc) is 2.14. The summed E-state index contributed by atoms with van der Waals surface area (Å²) in [4.78, 5) is 10.5. The van der Waals surface area contributed by atoms with E-state index in [1.807, 2.05) is 6.07 Å². The maximum Gasteiger partial charge on any atom is 0.306 e. The average molecular weight is 289 g/mol. The Morgan fingerprint density at radius 3 is 2.69 bits per heavy atom. The highest BCUT2D eigenvalue weighted by atomic mass is 79.9. The van der Waals surface area contributed by atoms with Gasteiger partial charge in [-0.15, -0.1) is 0 Å². The molecule has 0 aliphatic rings. The summed E-state index contributed by atoms with van der Waals surface area (Å²) in [6, 6.07) is 7.18. The monoisotopic (exact) mass is 288 g/mol. The van der Waals surface area contributed by atoms with Gasteiger partial charge in [0.2, 0.25) is 0 Å².